The first-order valence-electron chi connectivity index (χ1n) is 27.7. The van der Waals surface area contributed by atoms with Crippen LogP contribution in [0.15, 0.2) is 30.3 Å². The second kappa shape index (κ2) is 42.9. The van der Waals surface area contributed by atoms with Crippen molar-refractivity contribution >= 4 is 35.9 Å². The van der Waals surface area contributed by atoms with Gasteiger partial charge < -0.3 is 74.2 Å². The van der Waals surface area contributed by atoms with E-state index in [2.05, 4.69) is 0 Å². The van der Waals surface area contributed by atoms with Crippen molar-refractivity contribution in [2.75, 3.05) is 243 Å². The lowest BCUT2D eigenvalue weighted by atomic mass is 10.2. The molecular formula is C52H91N9O20. The van der Waals surface area contributed by atoms with Crippen LogP contribution in [0.1, 0.15) is 5.56 Å². The van der Waals surface area contributed by atoms with Crippen molar-refractivity contribution in [2.24, 2.45) is 0 Å². The number of carboxylic acids is 5. The summed E-state index contributed by atoms with van der Waals surface area (Å²) in [5.41, 5.74) is 1.10. The zero-order chi connectivity index (χ0) is 59.0. The Balaban J connectivity index is 1.61. The SMILES string of the molecule is O=C(O)CN1CCN(CC(=O)O)CCN(CC(O)CN(CCOCCOCCOCCOCCOCCOCc2ccccc2)CC(O)CN2CCN(CC(=O)O)CCN(CC(=O)O)CCN(C(=O)O)CC2)CCN(CC(=O)O)CC1. The van der Waals surface area contributed by atoms with Crippen LogP contribution in [0.4, 0.5) is 4.79 Å². The Bertz CT molecular complexity index is 1870. The summed E-state index contributed by atoms with van der Waals surface area (Å²) in [6, 6.07) is 9.90. The van der Waals surface area contributed by atoms with Crippen molar-refractivity contribution in [3.8, 4) is 0 Å². The zero-order valence-corrected chi connectivity index (χ0v) is 46.9. The van der Waals surface area contributed by atoms with Gasteiger partial charge in [-0.25, -0.2) is 4.79 Å². The van der Waals surface area contributed by atoms with Gasteiger partial charge in [0.1, 0.15) is 0 Å². The number of β-amino-alcohol motifs (C(OH)–C–C–N with tert-alkyl or cyclic N) is 2. The van der Waals surface area contributed by atoms with Gasteiger partial charge in [0.15, 0.2) is 0 Å². The Morgan fingerprint density at radius 3 is 0.963 bits per heavy atom. The van der Waals surface area contributed by atoms with Crippen LogP contribution in [0.3, 0.4) is 0 Å². The van der Waals surface area contributed by atoms with Crippen molar-refractivity contribution in [2.45, 2.75) is 18.8 Å². The zero-order valence-electron chi connectivity index (χ0n) is 46.9. The van der Waals surface area contributed by atoms with Crippen molar-refractivity contribution in [3.05, 3.63) is 35.9 Å². The molecule has 0 saturated carbocycles. The highest BCUT2D eigenvalue weighted by atomic mass is 16.6. The molecule has 8 N–H and O–H groups in total. The van der Waals surface area contributed by atoms with Gasteiger partial charge in [-0.3, -0.25) is 63.2 Å². The van der Waals surface area contributed by atoms with Gasteiger partial charge in [-0.1, -0.05) is 30.3 Å². The smallest absolute Gasteiger partial charge is 0.407 e. The molecule has 2 unspecified atom stereocenters. The van der Waals surface area contributed by atoms with Gasteiger partial charge >= 0.3 is 35.9 Å². The van der Waals surface area contributed by atoms with Crippen molar-refractivity contribution in [1.82, 2.24) is 44.1 Å². The number of amides is 1. The summed E-state index contributed by atoms with van der Waals surface area (Å²) in [4.78, 5) is 86.1. The van der Waals surface area contributed by atoms with Crippen LogP contribution in [-0.2, 0) is 59.0 Å². The van der Waals surface area contributed by atoms with Gasteiger partial charge in [0, 0.05) is 137 Å². The lowest BCUT2D eigenvalue weighted by Crippen LogP contribution is -2.51. The first-order valence-corrected chi connectivity index (χ1v) is 27.7. The van der Waals surface area contributed by atoms with Gasteiger partial charge in [0.2, 0.25) is 0 Å². The third kappa shape index (κ3) is 36.4. The number of benzene rings is 1. The molecule has 29 heteroatoms. The molecule has 2 atom stereocenters. The highest BCUT2D eigenvalue weighted by Gasteiger charge is 2.26. The molecule has 0 bridgehead atoms. The number of aliphatic hydroxyl groups excluding tert-OH is 2. The molecular weight excluding hydrogens is 1070 g/mol. The maximum Gasteiger partial charge on any atom is 0.407 e. The van der Waals surface area contributed by atoms with Crippen molar-refractivity contribution in [1.29, 1.82) is 0 Å². The van der Waals surface area contributed by atoms with E-state index in [1.54, 1.807) is 24.5 Å². The largest absolute Gasteiger partial charge is 0.480 e. The van der Waals surface area contributed by atoms with Crippen LogP contribution in [0.2, 0.25) is 0 Å². The normalized spacial score (nSPS) is 18.1. The molecule has 2 fully saturated rings. The number of rotatable bonds is 38. The van der Waals surface area contributed by atoms with E-state index < -0.39 is 48.1 Å². The fourth-order valence-electron chi connectivity index (χ4n) is 9.04. The van der Waals surface area contributed by atoms with Crippen LogP contribution in [0.5, 0.6) is 0 Å². The van der Waals surface area contributed by atoms with Gasteiger partial charge in [-0.2, -0.15) is 0 Å². The van der Waals surface area contributed by atoms with Crippen molar-refractivity contribution < 1.29 is 98.0 Å². The fourth-order valence-corrected chi connectivity index (χ4v) is 9.04. The number of aliphatic carboxylic acids is 5. The Labute approximate surface area is 474 Å². The topological polar surface area (TPSA) is 349 Å². The van der Waals surface area contributed by atoms with E-state index in [1.807, 2.05) is 45.0 Å². The summed E-state index contributed by atoms with van der Waals surface area (Å²) < 4.78 is 33.9. The molecule has 1 aromatic rings. The standard InChI is InChI=1S/C52H91N9O20/c62-45(34-53-6-9-55(38-47(64)65)12-14-58(41-50(70)71)15-13-56(10-7-53)39-48(66)67)36-60(22-23-76-24-25-77-26-27-78-28-29-79-30-31-80-32-33-81-43-44-4-2-1-3-5-44)37-46(63)35-54-8-11-57(40-49(68)69)16-17-59(42-51(72)73)19-21-61(20-18-54)52(74)75/h1-5,45-46,62-63H,6-43H2,(H,64,65)(H,66,67)(H,68,69)(H,70,71)(H,72,73)(H,74,75). The van der Waals surface area contributed by atoms with E-state index in [0.717, 1.165) is 5.56 Å². The summed E-state index contributed by atoms with van der Waals surface area (Å²) in [5.74, 6) is -5.37. The Morgan fingerprint density at radius 1 is 0.383 bits per heavy atom. The molecule has 3 rings (SSSR count). The van der Waals surface area contributed by atoms with E-state index in [9.17, 15) is 69.6 Å². The molecule has 0 aliphatic carbocycles. The van der Waals surface area contributed by atoms with E-state index in [4.69, 9.17) is 28.4 Å². The molecule has 0 radical (unpaired) electrons. The van der Waals surface area contributed by atoms with Crippen LogP contribution >= 0.6 is 0 Å². The number of hydrogen-bond donors (Lipinski definition) is 8. The van der Waals surface area contributed by atoms with Gasteiger partial charge in [0.05, 0.1) is 124 Å². The van der Waals surface area contributed by atoms with E-state index in [0.29, 0.717) is 59.5 Å². The van der Waals surface area contributed by atoms with Crippen LogP contribution in [0, 0.1) is 0 Å². The lowest BCUT2D eigenvalue weighted by Gasteiger charge is -2.35. The predicted octanol–water partition coefficient (Wildman–Crippen LogP) is -3.15. The first-order chi connectivity index (χ1) is 38.9. The third-order valence-electron chi connectivity index (χ3n) is 13.2. The van der Waals surface area contributed by atoms with Gasteiger partial charge in [-0.05, 0) is 5.56 Å². The molecule has 1 amide bonds. The number of carbonyl (C=O) groups is 6. The first kappa shape index (κ1) is 70.5. The monoisotopic (exact) mass is 1160 g/mol. The van der Waals surface area contributed by atoms with Crippen LogP contribution < -0.4 is 0 Å². The minimum atomic E-state index is -1.20. The second-order valence-corrected chi connectivity index (χ2v) is 19.9. The van der Waals surface area contributed by atoms with E-state index in [-0.39, 0.29) is 190 Å². The van der Waals surface area contributed by atoms with Crippen molar-refractivity contribution in [3.63, 3.8) is 0 Å². The summed E-state index contributed by atoms with van der Waals surface area (Å²) in [7, 11) is 0. The van der Waals surface area contributed by atoms with Gasteiger partial charge in [0.25, 0.3) is 0 Å². The maximum atomic E-state index is 12.3. The third-order valence-corrected chi connectivity index (χ3v) is 13.2. The minimum Gasteiger partial charge on any atom is -0.480 e. The molecule has 2 aliphatic heterocycles. The second-order valence-electron chi connectivity index (χ2n) is 19.9. The Morgan fingerprint density at radius 2 is 0.654 bits per heavy atom. The fraction of sp³-hybridized carbons (Fsp3) is 0.769. The van der Waals surface area contributed by atoms with E-state index in [1.165, 1.54) is 4.90 Å². The molecule has 2 aliphatic rings. The molecule has 1 aromatic carbocycles. The number of aliphatic hydroxyl groups is 2. The Kier molecular flexibility index (Phi) is 37.4. The van der Waals surface area contributed by atoms with Gasteiger partial charge in [-0.15, -0.1) is 0 Å². The average molecular weight is 1160 g/mol. The number of hydrogen-bond acceptors (Lipinski definition) is 22. The highest BCUT2D eigenvalue weighted by Crippen LogP contribution is 2.08. The minimum absolute atomic E-state index is 0.000316. The van der Waals surface area contributed by atoms with Crippen LogP contribution in [-0.4, -0.2) is 376 Å². The highest BCUT2D eigenvalue weighted by molar-refractivity contribution is 5.70. The molecule has 2 heterocycles. The number of carboxylic acid groups (broad SMARTS) is 6. The molecule has 0 aromatic heterocycles. The molecule has 464 valence electrons. The number of nitrogens with zero attached hydrogens (tertiary/aromatic N) is 9. The molecule has 81 heavy (non-hydrogen) atoms. The molecule has 2 saturated heterocycles. The average Bonchev–Trinajstić information content (AvgIpc) is 3.40. The maximum absolute atomic E-state index is 12.3. The predicted molar refractivity (Wildman–Crippen MR) is 292 cm³/mol. The summed E-state index contributed by atoms with van der Waals surface area (Å²) in [5, 5.41) is 81.5. The molecule has 29 nitrogen and oxygen atoms in total. The Hall–Kier alpha value is -4.80. The molecule has 0 spiro atoms. The summed E-state index contributed by atoms with van der Waals surface area (Å²) >= 11 is 0. The summed E-state index contributed by atoms with van der Waals surface area (Å²) in [6.07, 6.45) is -3.30. The van der Waals surface area contributed by atoms with Crippen LogP contribution in [0.25, 0.3) is 0 Å². The quantitative estimate of drug-likeness (QED) is 0.0303. The summed E-state index contributed by atoms with van der Waals surface area (Å²) in [6.45, 7) is 6.48. The number of ether oxygens (including phenoxy) is 6. The van der Waals surface area contributed by atoms with E-state index >= 15 is 0 Å². The lowest BCUT2D eigenvalue weighted by molar-refractivity contribution is -0.140.